The molecule has 0 radical (unpaired) electrons. The van der Waals surface area contributed by atoms with Gasteiger partial charge in [0.2, 0.25) is 0 Å². The summed E-state index contributed by atoms with van der Waals surface area (Å²) in [7, 11) is 0. The van der Waals surface area contributed by atoms with E-state index in [-0.39, 0.29) is 5.78 Å². The second kappa shape index (κ2) is 9.64. The molecule has 0 bridgehead atoms. The van der Waals surface area contributed by atoms with E-state index in [9.17, 15) is 4.79 Å². The van der Waals surface area contributed by atoms with E-state index in [1.807, 2.05) is 97.1 Å². The standard InChI is InChI=1S/C29H23NO/c1-22(31)28(25-18-10-4-11-19-25)30-29(26-20-12-5-13-21-26)27(23-14-6-2-7-15-23)24-16-8-3-9-17-24/h2-21H,1H3. The van der Waals surface area contributed by atoms with Gasteiger partial charge in [0.05, 0.1) is 5.70 Å². The Hall–Kier alpha value is -4.04. The third-order valence-electron chi connectivity index (χ3n) is 5.01. The van der Waals surface area contributed by atoms with E-state index >= 15 is 0 Å². The summed E-state index contributed by atoms with van der Waals surface area (Å²) in [6.07, 6.45) is 0. The van der Waals surface area contributed by atoms with Crippen LogP contribution in [0.3, 0.4) is 0 Å². The number of hydrogen-bond acceptors (Lipinski definition) is 2. The fourth-order valence-corrected chi connectivity index (χ4v) is 3.56. The number of Topliss-reactive ketones (excluding diaryl/α,β-unsaturated/α-hetero) is 1. The van der Waals surface area contributed by atoms with Gasteiger partial charge in [0, 0.05) is 23.6 Å². The molecule has 0 aromatic heterocycles. The predicted octanol–water partition coefficient (Wildman–Crippen LogP) is 6.68. The van der Waals surface area contributed by atoms with Gasteiger partial charge >= 0.3 is 0 Å². The number of benzene rings is 4. The van der Waals surface area contributed by atoms with Crippen LogP contribution in [0.5, 0.6) is 0 Å². The van der Waals surface area contributed by atoms with Gasteiger partial charge < -0.3 is 0 Å². The lowest BCUT2D eigenvalue weighted by Crippen LogP contribution is -2.12. The lowest BCUT2D eigenvalue weighted by atomic mass is 9.93. The fraction of sp³-hybridized carbons (Fsp3) is 0.0345. The Morgan fingerprint density at radius 1 is 0.516 bits per heavy atom. The highest BCUT2D eigenvalue weighted by molar-refractivity contribution is 6.46. The largest absolute Gasteiger partial charge is 0.293 e. The Morgan fingerprint density at radius 3 is 1.26 bits per heavy atom. The molecule has 0 saturated heterocycles. The third-order valence-corrected chi connectivity index (χ3v) is 5.01. The van der Waals surface area contributed by atoms with E-state index in [0.29, 0.717) is 5.71 Å². The summed E-state index contributed by atoms with van der Waals surface area (Å²) in [5.41, 5.74) is 6.07. The molecular weight excluding hydrogens is 378 g/mol. The second-order valence-corrected chi connectivity index (χ2v) is 7.20. The number of carbonyl (C=O) groups excluding carboxylic acids is 1. The molecule has 0 heterocycles. The second-order valence-electron chi connectivity index (χ2n) is 7.20. The monoisotopic (exact) mass is 401 g/mol. The van der Waals surface area contributed by atoms with Crippen molar-refractivity contribution in [3.05, 3.63) is 144 Å². The summed E-state index contributed by atoms with van der Waals surface area (Å²) in [6.45, 7) is 1.57. The van der Waals surface area contributed by atoms with E-state index in [2.05, 4.69) is 24.3 Å². The van der Waals surface area contributed by atoms with E-state index in [1.165, 1.54) is 0 Å². The molecule has 2 nitrogen and oxygen atoms in total. The van der Waals surface area contributed by atoms with Crippen LogP contribution in [0.15, 0.2) is 126 Å². The van der Waals surface area contributed by atoms with Gasteiger partial charge in [-0.25, -0.2) is 4.99 Å². The number of rotatable bonds is 6. The topological polar surface area (TPSA) is 29.4 Å². The van der Waals surface area contributed by atoms with Crippen molar-refractivity contribution < 1.29 is 4.79 Å². The Bertz CT molecular complexity index is 1170. The number of aliphatic imine (C=N–C) groups is 1. The smallest absolute Gasteiger partial charge is 0.178 e. The zero-order chi connectivity index (χ0) is 21.5. The van der Waals surface area contributed by atoms with Crippen molar-refractivity contribution in [3.63, 3.8) is 0 Å². The number of carbonyl (C=O) groups is 1. The molecule has 0 saturated carbocycles. The van der Waals surface area contributed by atoms with Crippen LogP contribution in [0, 0.1) is 0 Å². The van der Waals surface area contributed by atoms with Gasteiger partial charge in [0.15, 0.2) is 5.78 Å². The van der Waals surface area contributed by atoms with Crippen molar-refractivity contribution in [2.24, 2.45) is 4.99 Å². The molecule has 0 atom stereocenters. The fourth-order valence-electron chi connectivity index (χ4n) is 3.56. The maximum Gasteiger partial charge on any atom is 0.178 e. The molecular formula is C29H23NO. The zero-order valence-electron chi connectivity index (χ0n) is 17.4. The highest BCUT2D eigenvalue weighted by Gasteiger charge is 2.17. The molecule has 0 unspecified atom stereocenters. The first kappa shape index (κ1) is 20.2. The number of ketones is 1. The summed E-state index contributed by atoms with van der Waals surface area (Å²) in [5, 5.41) is 0. The van der Waals surface area contributed by atoms with Gasteiger partial charge in [0.1, 0.15) is 5.71 Å². The first-order chi connectivity index (χ1) is 15.2. The minimum Gasteiger partial charge on any atom is -0.293 e. The normalized spacial score (nSPS) is 11.1. The minimum absolute atomic E-state index is 0.0693. The molecule has 0 amide bonds. The molecule has 2 heteroatoms. The summed E-state index contributed by atoms with van der Waals surface area (Å²) in [6, 6.07) is 40.1. The highest BCUT2D eigenvalue weighted by atomic mass is 16.1. The summed E-state index contributed by atoms with van der Waals surface area (Å²) in [5.74, 6) is -0.0693. The zero-order valence-corrected chi connectivity index (χ0v) is 17.4. The van der Waals surface area contributed by atoms with Crippen molar-refractivity contribution in [3.8, 4) is 0 Å². The van der Waals surface area contributed by atoms with E-state index in [4.69, 9.17) is 4.99 Å². The van der Waals surface area contributed by atoms with Gasteiger partial charge in [-0.3, -0.25) is 4.79 Å². The van der Waals surface area contributed by atoms with Crippen LogP contribution >= 0.6 is 0 Å². The lowest BCUT2D eigenvalue weighted by Gasteiger charge is -2.15. The predicted molar refractivity (Wildman–Crippen MR) is 129 cm³/mol. The molecule has 4 aromatic rings. The van der Waals surface area contributed by atoms with E-state index in [0.717, 1.165) is 33.5 Å². The molecule has 0 aliphatic rings. The van der Waals surface area contributed by atoms with Gasteiger partial charge in [-0.1, -0.05) is 121 Å². The Balaban J connectivity index is 2.08. The molecule has 0 N–H and O–H groups in total. The third kappa shape index (κ3) is 4.76. The number of hydrogen-bond donors (Lipinski definition) is 0. The van der Waals surface area contributed by atoms with Crippen LogP contribution in [0.4, 0.5) is 0 Å². The van der Waals surface area contributed by atoms with Crippen LogP contribution < -0.4 is 0 Å². The van der Waals surface area contributed by atoms with Crippen LogP contribution in [0.2, 0.25) is 0 Å². The van der Waals surface area contributed by atoms with Crippen LogP contribution in [0.1, 0.15) is 29.2 Å². The molecule has 0 spiro atoms. The molecule has 4 aromatic carbocycles. The molecule has 150 valence electrons. The van der Waals surface area contributed by atoms with Crippen molar-refractivity contribution in [2.75, 3.05) is 0 Å². The molecule has 0 aliphatic heterocycles. The van der Waals surface area contributed by atoms with Crippen molar-refractivity contribution in [2.45, 2.75) is 6.92 Å². The minimum atomic E-state index is -0.0693. The maximum absolute atomic E-state index is 12.7. The summed E-state index contributed by atoms with van der Waals surface area (Å²) >= 11 is 0. The van der Waals surface area contributed by atoms with Crippen LogP contribution in [0.25, 0.3) is 11.3 Å². The Kier molecular flexibility index (Phi) is 6.29. The average molecular weight is 402 g/mol. The molecule has 31 heavy (non-hydrogen) atoms. The van der Waals surface area contributed by atoms with Gasteiger partial charge in [-0.15, -0.1) is 0 Å². The van der Waals surface area contributed by atoms with Crippen molar-refractivity contribution in [1.82, 2.24) is 0 Å². The SMILES string of the molecule is CC(=O)C(=NC(=C(c1ccccc1)c1ccccc1)c1ccccc1)c1ccccc1. The average Bonchev–Trinajstić information content (AvgIpc) is 2.84. The first-order valence-electron chi connectivity index (χ1n) is 10.3. The van der Waals surface area contributed by atoms with Gasteiger partial charge in [-0.2, -0.15) is 0 Å². The molecule has 0 aliphatic carbocycles. The van der Waals surface area contributed by atoms with Crippen molar-refractivity contribution in [1.29, 1.82) is 0 Å². The van der Waals surface area contributed by atoms with E-state index < -0.39 is 0 Å². The lowest BCUT2D eigenvalue weighted by molar-refractivity contribution is -0.111. The van der Waals surface area contributed by atoms with E-state index in [1.54, 1.807) is 6.92 Å². The summed E-state index contributed by atoms with van der Waals surface area (Å²) in [4.78, 5) is 17.7. The first-order valence-corrected chi connectivity index (χ1v) is 10.3. The highest BCUT2D eigenvalue weighted by Crippen LogP contribution is 2.33. The Morgan fingerprint density at radius 2 is 0.871 bits per heavy atom. The summed E-state index contributed by atoms with van der Waals surface area (Å²) < 4.78 is 0. The maximum atomic E-state index is 12.7. The van der Waals surface area contributed by atoms with Crippen LogP contribution in [-0.2, 0) is 4.79 Å². The van der Waals surface area contributed by atoms with Crippen molar-refractivity contribution >= 4 is 22.8 Å². The Labute approximate surface area is 183 Å². The molecule has 0 fully saturated rings. The number of nitrogens with zero attached hydrogens (tertiary/aromatic N) is 1. The van der Waals surface area contributed by atoms with Crippen LogP contribution in [-0.4, -0.2) is 11.5 Å². The molecule has 4 rings (SSSR count). The quantitative estimate of drug-likeness (QED) is 0.262. The van der Waals surface area contributed by atoms with Gasteiger partial charge in [0.25, 0.3) is 0 Å². The van der Waals surface area contributed by atoms with Gasteiger partial charge in [-0.05, 0) is 11.1 Å².